The normalized spacial score (nSPS) is 18.8. The lowest BCUT2D eigenvalue weighted by Gasteiger charge is -2.28. The van der Waals surface area contributed by atoms with E-state index >= 15 is 0 Å². The van der Waals surface area contributed by atoms with E-state index in [-0.39, 0.29) is 11.2 Å². The monoisotopic (exact) mass is 266 g/mol. The number of carbonyl (C=O) groups is 1. The summed E-state index contributed by atoms with van der Waals surface area (Å²) < 4.78 is 4.90. The topological polar surface area (TPSA) is 93.9 Å². The second-order valence-electron chi connectivity index (χ2n) is 5.13. The van der Waals surface area contributed by atoms with Crippen LogP contribution in [0.3, 0.4) is 0 Å². The first kappa shape index (κ1) is 14.0. The Morgan fingerprint density at radius 2 is 2.05 bits per heavy atom. The van der Waals surface area contributed by atoms with Gasteiger partial charge in [-0.2, -0.15) is 0 Å². The number of aromatic nitrogens is 3. The lowest BCUT2D eigenvalue weighted by atomic mass is 9.79. The van der Waals surface area contributed by atoms with Gasteiger partial charge in [0.2, 0.25) is 0 Å². The van der Waals surface area contributed by atoms with E-state index in [1.807, 2.05) is 0 Å². The van der Waals surface area contributed by atoms with Crippen LogP contribution in [0.4, 0.5) is 0 Å². The summed E-state index contributed by atoms with van der Waals surface area (Å²) in [6, 6.07) is 0. The summed E-state index contributed by atoms with van der Waals surface area (Å²) in [5.41, 5.74) is 5.82. The molecular formula is C13H22N4O2. The van der Waals surface area contributed by atoms with Crippen LogP contribution in [0.2, 0.25) is 0 Å². The van der Waals surface area contributed by atoms with Gasteiger partial charge in [0.1, 0.15) is 5.82 Å². The molecule has 1 aromatic heterocycles. The predicted molar refractivity (Wildman–Crippen MR) is 70.8 cm³/mol. The lowest BCUT2D eigenvalue weighted by Crippen LogP contribution is -2.36. The van der Waals surface area contributed by atoms with Crippen molar-refractivity contribution in [3.05, 3.63) is 11.6 Å². The molecule has 1 heterocycles. The van der Waals surface area contributed by atoms with Crippen LogP contribution in [0.15, 0.2) is 0 Å². The van der Waals surface area contributed by atoms with Crippen LogP contribution in [0, 0.1) is 0 Å². The zero-order valence-electron chi connectivity index (χ0n) is 11.4. The maximum absolute atomic E-state index is 11.6. The second-order valence-corrected chi connectivity index (χ2v) is 5.13. The molecule has 0 bridgehead atoms. The third-order valence-electron chi connectivity index (χ3n) is 3.90. The zero-order valence-corrected chi connectivity index (χ0v) is 11.4. The number of rotatable bonds is 4. The van der Waals surface area contributed by atoms with Gasteiger partial charge in [0.15, 0.2) is 0 Å². The van der Waals surface area contributed by atoms with E-state index < -0.39 is 5.97 Å². The molecule has 1 aromatic rings. The van der Waals surface area contributed by atoms with Gasteiger partial charge in [-0.3, -0.25) is 5.10 Å². The van der Waals surface area contributed by atoms with Crippen molar-refractivity contribution in [2.24, 2.45) is 5.73 Å². The van der Waals surface area contributed by atoms with Crippen LogP contribution in [-0.2, 0) is 10.2 Å². The molecule has 0 atom stereocenters. The van der Waals surface area contributed by atoms with Gasteiger partial charge in [-0.05, 0) is 19.8 Å². The van der Waals surface area contributed by atoms with Crippen molar-refractivity contribution in [1.82, 2.24) is 15.2 Å². The minimum Gasteiger partial charge on any atom is -0.460 e. The van der Waals surface area contributed by atoms with Crippen molar-refractivity contribution in [2.45, 2.75) is 50.9 Å². The Hall–Kier alpha value is -1.43. The first-order valence-electron chi connectivity index (χ1n) is 7.02. The Labute approximate surface area is 113 Å². The summed E-state index contributed by atoms with van der Waals surface area (Å²) in [6.45, 7) is 2.62. The molecule has 0 spiro atoms. The largest absolute Gasteiger partial charge is 0.460 e. The van der Waals surface area contributed by atoms with Crippen LogP contribution >= 0.6 is 0 Å². The van der Waals surface area contributed by atoms with E-state index in [4.69, 9.17) is 10.5 Å². The number of carbonyl (C=O) groups excluding carboxylic acids is 1. The van der Waals surface area contributed by atoms with E-state index in [0.29, 0.717) is 13.2 Å². The number of hydrogen-bond donors (Lipinski definition) is 2. The van der Waals surface area contributed by atoms with Crippen LogP contribution < -0.4 is 5.73 Å². The highest BCUT2D eigenvalue weighted by Crippen LogP contribution is 2.35. The fraction of sp³-hybridized carbons (Fsp3) is 0.769. The summed E-state index contributed by atoms with van der Waals surface area (Å²) in [7, 11) is 0. The number of nitrogens with one attached hydrogen (secondary N) is 1. The first-order valence-corrected chi connectivity index (χ1v) is 7.02. The number of H-pyrrole nitrogens is 1. The van der Waals surface area contributed by atoms with E-state index in [9.17, 15) is 4.79 Å². The number of nitrogens with zero attached hydrogens (tertiary/aromatic N) is 2. The number of ether oxygens (including phenoxy) is 1. The Bertz CT molecular complexity index is 422. The van der Waals surface area contributed by atoms with Crippen LogP contribution in [0.1, 0.15) is 61.9 Å². The van der Waals surface area contributed by atoms with Gasteiger partial charge in [0.25, 0.3) is 5.82 Å². The molecule has 106 valence electrons. The lowest BCUT2D eigenvalue weighted by molar-refractivity contribution is 0.0512. The van der Waals surface area contributed by atoms with Crippen LogP contribution in [-0.4, -0.2) is 34.3 Å². The molecule has 1 saturated carbocycles. The quantitative estimate of drug-likeness (QED) is 0.636. The molecule has 6 nitrogen and oxygen atoms in total. The van der Waals surface area contributed by atoms with Gasteiger partial charge in [-0.15, -0.1) is 5.10 Å². The van der Waals surface area contributed by atoms with Gasteiger partial charge in [0, 0.05) is 12.0 Å². The maximum Gasteiger partial charge on any atom is 0.378 e. The number of aromatic amines is 1. The smallest absolute Gasteiger partial charge is 0.378 e. The summed E-state index contributed by atoms with van der Waals surface area (Å²) in [5, 5.41) is 6.86. The Morgan fingerprint density at radius 3 is 2.63 bits per heavy atom. The third-order valence-corrected chi connectivity index (χ3v) is 3.90. The molecule has 0 aromatic carbocycles. The molecule has 6 heteroatoms. The predicted octanol–water partition coefficient (Wildman–Crippen LogP) is 1.53. The van der Waals surface area contributed by atoms with Crippen LogP contribution in [0.25, 0.3) is 0 Å². The van der Waals surface area contributed by atoms with Gasteiger partial charge < -0.3 is 10.5 Å². The fourth-order valence-electron chi connectivity index (χ4n) is 2.73. The van der Waals surface area contributed by atoms with Crippen molar-refractivity contribution >= 4 is 5.97 Å². The summed E-state index contributed by atoms with van der Waals surface area (Å²) in [4.78, 5) is 15.9. The highest BCUT2D eigenvalue weighted by molar-refractivity contribution is 5.84. The molecule has 1 aliphatic carbocycles. The van der Waals surface area contributed by atoms with E-state index in [1.165, 1.54) is 12.8 Å². The molecular weight excluding hydrogens is 244 g/mol. The van der Waals surface area contributed by atoms with Crippen LogP contribution in [0.5, 0.6) is 0 Å². The SMILES string of the molecule is CCOC(=O)c1n[nH]c(C2(CN)CCCCCC2)n1. The molecule has 19 heavy (non-hydrogen) atoms. The minimum atomic E-state index is -0.481. The van der Waals surface area contributed by atoms with Crippen molar-refractivity contribution in [3.63, 3.8) is 0 Å². The fourth-order valence-corrected chi connectivity index (χ4v) is 2.73. The molecule has 0 radical (unpaired) electrons. The summed E-state index contributed by atoms with van der Waals surface area (Å²) in [6.07, 6.45) is 6.77. The zero-order chi connectivity index (χ0) is 13.7. The average Bonchev–Trinajstić information content (AvgIpc) is 2.79. The van der Waals surface area contributed by atoms with Crippen molar-refractivity contribution in [2.75, 3.05) is 13.2 Å². The third kappa shape index (κ3) is 2.94. The highest BCUT2D eigenvalue weighted by atomic mass is 16.5. The molecule has 0 unspecified atom stereocenters. The Kier molecular flexibility index (Phi) is 4.52. The second kappa shape index (κ2) is 6.14. The molecule has 0 aliphatic heterocycles. The van der Waals surface area contributed by atoms with Crippen molar-refractivity contribution in [3.8, 4) is 0 Å². The van der Waals surface area contributed by atoms with Gasteiger partial charge in [-0.1, -0.05) is 25.7 Å². The number of hydrogen-bond acceptors (Lipinski definition) is 5. The van der Waals surface area contributed by atoms with Crippen molar-refractivity contribution in [1.29, 1.82) is 0 Å². The Morgan fingerprint density at radius 1 is 1.37 bits per heavy atom. The number of nitrogens with two attached hydrogens (primary N) is 1. The molecule has 0 saturated heterocycles. The molecule has 1 fully saturated rings. The molecule has 2 rings (SSSR count). The van der Waals surface area contributed by atoms with E-state index in [1.54, 1.807) is 6.92 Å². The molecule has 3 N–H and O–H groups in total. The van der Waals surface area contributed by atoms with E-state index in [0.717, 1.165) is 31.5 Å². The first-order chi connectivity index (χ1) is 9.22. The van der Waals surface area contributed by atoms with Gasteiger partial charge >= 0.3 is 5.97 Å². The van der Waals surface area contributed by atoms with Gasteiger partial charge in [0.05, 0.1) is 6.61 Å². The maximum atomic E-state index is 11.6. The van der Waals surface area contributed by atoms with Crippen molar-refractivity contribution < 1.29 is 9.53 Å². The Balaban J connectivity index is 2.21. The standard InChI is InChI=1S/C13H22N4O2/c1-2-19-11(18)10-15-12(17-16-10)13(9-14)7-5-3-4-6-8-13/h2-9,14H2,1H3,(H,15,16,17). The van der Waals surface area contributed by atoms with E-state index in [2.05, 4.69) is 15.2 Å². The summed E-state index contributed by atoms with van der Waals surface area (Å²) >= 11 is 0. The number of esters is 1. The average molecular weight is 266 g/mol. The molecule has 0 amide bonds. The highest BCUT2D eigenvalue weighted by Gasteiger charge is 2.35. The van der Waals surface area contributed by atoms with Gasteiger partial charge in [-0.25, -0.2) is 9.78 Å². The molecule has 1 aliphatic rings. The summed E-state index contributed by atoms with van der Waals surface area (Å²) in [5.74, 6) is 0.361. The minimum absolute atomic E-state index is 0.105.